The molecule has 0 radical (unpaired) electrons. The summed E-state index contributed by atoms with van der Waals surface area (Å²) in [5.41, 5.74) is 0.325. The molecule has 0 saturated carbocycles. The molecule has 196 valence electrons. The Morgan fingerprint density at radius 1 is 0.861 bits per heavy atom. The van der Waals surface area contributed by atoms with E-state index >= 15 is 0 Å². The minimum absolute atomic E-state index is 0. The monoisotopic (exact) mass is 528 g/mol. The van der Waals surface area contributed by atoms with Crippen molar-refractivity contribution in [1.82, 2.24) is 0 Å². The van der Waals surface area contributed by atoms with Gasteiger partial charge in [-0.2, -0.15) is 0 Å². The molecular weight excluding hydrogens is 504 g/mol. The first-order valence-corrected chi connectivity index (χ1v) is 10.4. The number of phenolic OH excluding ortho intramolecular Hbond substituents is 3. The Kier molecular flexibility index (Phi) is 8.19. The number of benzene rings is 2. The van der Waals surface area contributed by atoms with Gasteiger partial charge in [0.1, 0.15) is 41.3 Å². The van der Waals surface area contributed by atoms with Crippen molar-refractivity contribution in [3.63, 3.8) is 0 Å². The third-order valence-electron chi connectivity index (χ3n) is 5.65. The minimum Gasteiger partial charge on any atom is -1.00 e. The fraction of sp³-hybridized carbons (Fsp3) is 0.348. The summed E-state index contributed by atoms with van der Waals surface area (Å²) >= 11 is 0. The van der Waals surface area contributed by atoms with Crippen molar-refractivity contribution in [2.75, 3.05) is 20.8 Å². The number of phenols is 3. The van der Waals surface area contributed by atoms with Crippen LogP contribution in [0.1, 0.15) is 0 Å². The highest BCUT2D eigenvalue weighted by atomic mass is 35.5. The molecule has 2 aromatic carbocycles. The van der Waals surface area contributed by atoms with Crippen molar-refractivity contribution in [1.29, 1.82) is 0 Å². The first kappa shape index (κ1) is 27.3. The van der Waals surface area contributed by atoms with Crippen LogP contribution >= 0.6 is 0 Å². The molecule has 0 spiro atoms. The number of fused-ring (bicyclic) bond motifs is 1. The Morgan fingerprint density at radius 2 is 1.50 bits per heavy atom. The van der Waals surface area contributed by atoms with Crippen molar-refractivity contribution < 1.29 is 71.5 Å². The van der Waals surface area contributed by atoms with Gasteiger partial charge in [-0.1, -0.05) is 0 Å². The second-order valence-corrected chi connectivity index (χ2v) is 7.86. The number of ether oxygens (including phenoxy) is 4. The summed E-state index contributed by atoms with van der Waals surface area (Å²) in [6, 6.07) is 6.50. The maximum atomic E-state index is 10.4. The van der Waals surface area contributed by atoms with Gasteiger partial charge in [-0.15, -0.1) is 0 Å². The average molecular weight is 529 g/mol. The number of hydrogen-bond acceptors (Lipinski definition) is 11. The molecule has 1 aliphatic rings. The van der Waals surface area contributed by atoms with Crippen molar-refractivity contribution >= 4 is 11.0 Å². The normalized spacial score (nSPS) is 23.7. The van der Waals surface area contributed by atoms with Crippen LogP contribution in [0.25, 0.3) is 22.3 Å². The van der Waals surface area contributed by atoms with Gasteiger partial charge >= 0.3 is 11.3 Å². The first-order valence-electron chi connectivity index (χ1n) is 10.4. The van der Waals surface area contributed by atoms with Gasteiger partial charge in [0.05, 0.1) is 32.5 Å². The average Bonchev–Trinajstić information content (AvgIpc) is 2.84. The lowest BCUT2D eigenvalue weighted by molar-refractivity contribution is -0.277. The molecule has 2 heterocycles. The molecule has 0 amide bonds. The summed E-state index contributed by atoms with van der Waals surface area (Å²) in [5.74, 6) is -0.928. The molecule has 12 nitrogen and oxygen atoms in total. The highest BCUT2D eigenvalue weighted by Gasteiger charge is 2.45. The second-order valence-electron chi connectivity index (χ2n) is 7.86. The SMILES string of the molecule is COc1cc(-c2[o+]c3cc(O)cc(O)c3cc2O[C@@H]2O[C@H](CO)[C@H](O)[C@H](O)[C@H]2O)cc(OC)c1O.[Cl-]. The Morgan fingerprint density at radius 3 is 2.08 bits per heavy atom. The van der Waals surface area contributed by atoms with Crippen LogP contribution in [0.15, 0.2) is 34.7 Å². The summed E-state index contributed by atoms with van der Waals surface area (Å²) in [6.45, 7) is -0.661. The van der Waals surface area contributed by atoms with Crippen LogP contribution in [0.5, 0.6) is 34.5 Å². The molecular formula is C23H25ClO12. The summed E-state index contributed by atoms with van der Waals surface area (Å²) in [4.78, 5) is 0. The highest BCUT2D eigenvalue weighted by Crippen LogP contribution is 2.45. The predicted molar refractivity (Wildman–Crippen MR) is 119 cm³/mol. The summed E-state index contributed by atoms with van der Waals surface area (Å²) in [7, 11) is 2.66. The van der Waals surface area contributed by atoms with Gasteiger partial charge in [0.15, 0.2) is 11.5 Å². The van der Waals surface area contributed by atoms with Gasteiger partial charge in [-0.3, -0.25) is 0 Å². The molecule has 13 heteroatoms. The third kappa shape index (κ3) is 4.87. The van der Waals surface area contributed by atoms with E-state index in [1.807, 2.05) is 0 Å². The van der Waals surface area contributed by atoms with E-state index < -0.39 is 37.3 Å². The molecule has 1 fully saturated rings. The number of rotatable bonds is 6. The molecule has 7 N–H and O–H groups in total. The molecule has 3 aromatic rings. The van der Waals surface area contributed by atoms with Gasteiger partial charge in [-0.05, 0) is 0 Å². The number of methoxy groups -OCH3 is 2. The molecule has 0 unspecified atom stereocenters. The topological polar surface area (TPSA) is 190 Å². The smallest absolute Gasteiger partial charge is 0.402 e. The second kappa shape index (κ2) is 10.8. The largest absolute Gasteiger partial charge is 1.00 e. The third-order valence-corrected chi connectivity index (χ3v) is 5.65. The van der Waals surface area contributed by atoms with Gasteiger partial charge in [0, 0.05) is 24.3 Å². The Balaban J connectivity index is 0.00000361. The van der Waals surface area contributed by atoms with E-state index in [-0.39, 0.29) is 69.2 Å². The fourth-order valence-electron chi connectivity index (χ4n) is 3.79. The lowest BCUT2D eigenvalue weighted by atomic mass is 9.99. The predicted octanol–water partition coefficient (Wildman–Crippen LogP) is -2.30. The van der Waals surface area contributed by atoms with Crippen molar-refractivity contribution in [2.24, 2.45) is 0 Å². The Labute approximate surface area is 210 Å². The van der Waals surface area contributed by atoms with Crippen LogP contribution in [0.4, 0.5) is 0 Å². The zero-order valence-corrected chi connectivity index (χ0v) is 19.8. The molecule has 1 saturated heterocycles. The van der Waals surface area contributed by atoms with Gasteiger partial charge in [0.25, 0.3) is 0 Å². The van der Waals surface area contributed by atoms with Gasteiger partial charge in [-0.25, -0.2) is 4.42 Å². The summed E-state index contributed by atoms with van der Waals surface area (Å²) in [5, 5.41) is 70.7. The quantitative estimate of drug-likeness (QED) is 0.170. The maximum Gasteiger partial charge on any atom is 0.402 e. The Bertz CT molecular complexity index is 1210. The van der Waals surface area contributed by atoms with Crippen LogP contribution in [0.2, 0.25) is 0 Å². The zero-order chi connectivity index (χ0) is 25.4. The maximum absolute atomic E-state index is 10.4. The van der Waals surface area contributed by atoms with E-state index in [1.54, 1.807) is 0 Å². The number of halogens is 1. The van der Waals surface area contributed by atoms with Crippen molar-refractivity contribution in [2.45, 2.75) is 30.7 Å². The molecule has 0 aliphatic carbocycles. The van der Waals surface area contributed by atoms with Crippen LogP contribution in [-0.2, 0) is 4.74 Å². The first-order chi connectivity index (χ1) is 16.7. The lowest BCUT2D eigenvalue weighted by Crippen LogP contribution is -3.00. The summed E-state index contributed by atoms with van der Waals surface area (Å²) < 4.78 is 27.5. The van der Waals surface area contributed by atoms with E-state index in [2.05, 4.69) is 0 Å². The van der Waals surface area contributed by atoms with E-state index in [0.717, 1.165) is 6.07 Å². The van der Waals surface area contributed by atoms with Crippen LogP contribution in [0.3, 0.4) is 0 Å². The lowest BCUT2D eigenvalue weighted by Gasteiger charge is -2.39. The summed E-state index contributed by atoms with van der Waals surface area (Å²) in [6.07, 6.45) is -7.77. The number of aliphatic hydroxyl groups excluding tert-OH is 4. The molecule has 36 heavy (non-hydrogen) atoms. The Hall–Kier alpha value is -3.26. The minimum atomic E-state index is -1.71. The molecule has 0 bridgehead atoms. The molecule has 1 aromatic heterocycles. The standard InChI is InChI=1S/C23H24O12.ClH/c1-31-14-3-9(4-15(32-2)18(14)27)22-16(7-11-12(26)5-10(25)6-13(11)33-22)34-23-21(30)20(29)19(28)17(8-24)35-23;/h3-7,17,19-21,23-24,28-30H,8H2,1-2H3,(H2-,25,26,27);1H/t17-,19+,20+,21-,23-;/m1./s1. The molecule has 1 aliphatic heterocycles. The number of hydrogen-bond donors (Lipinski definition) is 7. The van der Waals surface area contributed by atoms with Crippen molar-refractivity contribution in [3.05, 3.63) is 30.3 Å². The fourth-order valence-corrected chi connectivity index (χ4v) is 3.79. The van der Waals surface area contributed by atoms with Crippen LogP contribution < -0.4 is 26.6 Å². The van der Waals surface area contributed by atoms with E-state index in [4.69, 9.17) is 23.4 Å². The van der Waals surface area contributed by atoms with E-state index in [1.165, 1.54) is 38.5 Å². The van der Waals surface area contributed by atoms with E-state index in [9.17, 15) is 35.7 Å². The number of aromatic hydroxyl groups is 3. The van der Waals surface area contributed by atoms with Crippen molar-refractivity contribution in [3.8, 4) is 45.8 Å². The van der Waals surface area contributed by atoms with E-state index in [0.29, 0.717) is 0 Å². The van der Waals surface area contributed by atoms with Gasteiger partial charge < -0.3 is 67.1 Å². The van der Waals surface area contributed by atoms with Crippen LogP contribution in [-0.4, -0.2) is 87.3 Å². The number of aliphatic hydroxyl groups is 4. The van der Waals surface area contributed by atoms with Crippen LogP contribution in [0, 0.1) is 0 Å². The highest BCUT2D eigenvalue weighted by molar-refractivity contribution is 5.88. The molecule has 4 rings (SSSR count). The zero-order valence-electron chi connectivity index (χ0n) is 19.0. The molecule has 5 atom stereocenters. The van der Waals surface area contributed by atoms with Gasteiger partial charge in [0.2, 0.25) is 17.8 Å².